The first-order chi connectivity index (χ1) is 32.0. The molecule has 0 aromatic rings. The highest BCUT2D eigenvalue weighted by atomic mass is 16.7. The standard InChI is InChI=1S/C51H92O15/c1-3-5-7-9-11-13-15-17-19-21-23-25-27-29-31-33-42(53)61-36-39(64-43(54)34-32-30-28-26-24-22-20-18-16-14-12-10-8-6-4-2)37-62-50-49(60)47(58)45(56)41(66-50)38-63-51-48(59)46(57)44(55)40(35-52)65-51/h18,20,24,26,39-41,44-52,55-60H,3-17,19,21-23,25,27-38H2,1-2H3/b20-18+,26-24+/t39-,40-,41-,44+,45+,46?,47?,48?,49?,50-,51-/m1/s1. The van der Waals surface area contributed by atoms with E-state index in [0.29, 0.717) is 12.8 Å². The van der Waals surface area contributed by atoms with Gasteiger partial charge in [-0.25, -0.2) is 0 Å². The van der Waals surface area contributed by atoms with Crippen LogP contribution in [0.25, 0.3) is 0 Å². The van der Waals surface area contributed by atoms with Crippen molar-refractivity contribution in [2.75, 3.05) is 26.4 Å². The van der Waals surface area contributed by atoms with E-state index in [9.17, 15) is 45.3 Å². The van der Waals surface area contributed by atoms with Crippen molar-refractivity contribution in [2.24, 2.45) is 0 Å². The Bertz CT molecular complexity index is 1250. The molecule has 2 rings (SSSR count). The van der Waals surface area contributed by atoms with Crippen LogP contribution in [0.2, 0.25) is 0 Å². The van der Waals surface area contributed by atoms with Gasteiger partial charge in [-0.15, -0.1) is 0 Å². The second kappa shape index (κ2) is 38.8. The first-order valence-corrected chi connectivity index (χ1v) is 25.9. The molecule has 2 heterocycles. The van der Waals surface area contributed by atoms with Gasteiger partial charge < -0.3 is 64.2 Å². The average Bonchev–Trinajstić information content (AvgIpc) is 3.31. The molecule has 0 aromatic carbocycles. The largest absolute Gasteiger partial charge is 0.462 e. The number of aliphatic hydroxyl groups is 7. The number of rotatable bonds is 40. The van der Waals surface area contributed by atoms with Crippen LogP contribution in [-0.4, -0.2) is 142 Å². The van der Waals surface area contributed by atoms with Crippen LogP contribution in [0.15, 0.2) is 24.3 Å². The SMILES string of the molecule is CCCCCCCC/C=C/C/C=C/CCCCC(=O)O[C@H](COC(=O)CCCCCCCCCCCCCCCCC)CO[C@@H]1O[C@H](CO[C@@H]2O[C@H](CO)[C@H](O)C(O)C2O)[C@H](O)C(O)C1O. The van der Waals surface area contributed by atoms with Crippen LogP contribution in [-0.2, 0) is 38.0 Å². The van der Waals surface area contributed by atoms with Crippen molar-refractivity contribution in [1.82, 2.24) is 0 Å². The zero-order chi connectivity index (χ0) is 48.2. The third kappa shape index (κ3) is 26.7. The Balaban J connectivity index is 1.82. The predicted octanol–water partition coefficient (Wildman–Crippen LogP) is 7.16. The highest BCUT2D eigenvalue weighted by molar-refractivity contribution is 5.70. The van der Waals surface area contributed by atoms with E-state index in [0.717, 1.165) is 44.9 Å². The highest BCUT2D eigenvalue weighted by Gasteiger charge is 2.47. The first kappa shape index (κ1) is 60.1. The molecule has 2 aliphatic heterocycles. The van der Waals surface area contributed by atoms with Crippen molar-refractivity contribution >= 4 is 11.9 Å². The summed E-state index contributed by atoms with van der Waals surface area (Å²) >= 11 is 0. The second-order valence-electron chi connectivity index (χ2n) is 18.4. The maximum absolute atomic E-state index is 13.0. The molecule has 0 aromatic heterocycles. The Labute approximate surface area is 396 Å². The number of esters is 2. The zero-order valence-electron chi connectivity index (χ0n) is 40.7. The Kier molecular flexibility index (Phi) is 35.3. The van der Waals surface area contributed by atoms with E-state index in [2.05, 4.69) is 38.2 Å². The summed E-state index contributed by atoms with van der Waals surface area (Å²) in [6, 6.07) is 0. The number of carbonyl (C=O) groups is 2. The fourth-order valence-electron chi connectivity index (χ4n) is 8.13. The lowest BCUT2D eigenvalue weighted by Gasteiger charge is -2.42. The second-order valence-corrected chi connectivity index (χ2v) is 18.4. The van der Waals surface area contributed by atoms with Crippen LogP contribution in [0.5, 0.6) is 0 Å². The van der Waals surface area contributed by atoms with Gasteiger partial charge in [0.05, 0.1) is 19.8 Å². The van der Waals surface area contributed by atoms with Gasteiger partial charge in [0.15, 0.2) is 18.7 Å². The summed E-state index contributed by atoms with van der Waals surface area (Å²) in [5, 5.41) is 72.0. The summed E-state index contributed by atoms with van der Waals surface area (Å²) in [5.74, 6) is -0.956. The van der Waals surface area contributed by atoms with Gasteiger partial charge in [0, 0.05) is 12.8 Å². The van der Waals surface area contributed by atoms with E-state index < -0.39 is 99.3 Å². The molecule has 15 heteroatoms. The first-order valence-electron chi connectivity index (χ1n) is 25.9. The maximum atomic E-state index is 13.0. The van der Waals surface area contributed by atoms with Crippen molar-refractivity contribution in [3.05, 3.63) is 24.3 Å². The summed E-state index contributed by atoms with van der Waals surface area (Å²) in [4.78, 5) is 25.7. The van der Waals surface area contributed by atoms with Crippen LogP contribution >= 0.6 is 0 Å². The summed E-state index contributed by atoms with van der Waals surface area (Å²) in [7, 11) is 0. The Hall–Kier alpha value is -2.02. The molecular formula is C51H92O15. The summed E-state index contributed by atoms with van der Waals surface area (Å²) in [6.45, 7) is 2.56. The van der Waals surface area contributed by atoms with Crippen molar-refractivity contribution in [3.8, 4) is 0 Å². The molecule has 386 valence electrons. The topological polar surface area (TPSA) is 231 Å². The lowest BCUT2D eigenvalue weighted by atomic mass is 9.98. The zero-order valence-corrected chi connectivity index (χ0v) is 40.7. The number of carbonyl (C=O) groups excluding carboxylic acids is 2. The summed E-state index contributed by atoms with van der Waals surface area (Å²) in [6.07, 6.45) is 22.1. The van der Waals surface area contributed by atoms with E-state index in [1.54, 1.807) is 0 Å². The average molecular weight is 945 g/mol. The fraction of sp³-hybridized carbons (Fsp3) is 0.882. The molecule has 11 atom stereocenters. The van der Waals surface area contributed by atoms with Crippen LogP contribution in [0, 0.1) is 0 Å². The molecule has 0 amide bonds. The Morgan fingerprint density at radius 2 is 0.909 bits per heavy atom. The summed E-state index contributed by atoms with van der Waals surface area (Å²) in [5.41, 5.74) is 0. The molecular weight excluding hydrogens is 853 g/mol. The number of allylic oxidation sites excluding steroid dienone is 4. The van der Waals surface area contributed by atoms with Crippen molar-refractivity contribution in [1.29, 1.82) is 0 Å². The third-order valence-corrected chi connectivity index (χ3v) is 12.4. The van der Waals surface area contributed by atoms with Gasteiger partial charge >= 0.3 is 11.9 Å². The van der Waals surface area contributed by atoms with Crippen LogP contribution in [0.3, 0.4) is 0 Å². The molecule has 0 aliphatic carbocycles. The van der Waals surface area contributed by atoms with E-state index in [1.165, 1.54) is 109 Å². The molecule has 0 radical (unpaired) electrons. The molecule has 0 spiro atoms. The predicted molar refractivity (Wildman–Crippen MR) is 252 cm³/mol. The Morgan fingerprint density at radius 1 is 0.485 bits per heavy atom. The quantitative estimate of drug-likeness (QED) is 0.0184. The maximum Gasteiger partial charge on any atom is 0.306 e. The lowest BCUT2D eigenvalue weighted by molar-refractivity contribution is -0.332. The van der Waals surface area contributed by atoms with Gasteiger partial charge in [0.2, 0.25) is 0 Å². The van der Waals surface area contributed by atoms with Gasteiger partial charge in [0.25, 0.3) is 0 Å². The number of hydrogen-bond donors (Lipinski definition) is 7. The number of unbranched alkanes of at least 4 members (excludes halogenated alkanes) is 22. The number of hydrogen-bond acceptors (Lipinski definition) is 15. The van der Waals surface area contributed by atoms with Crippen molar-refractivity contribution in [3.63, 3.8) is 0 Å². The van der Waals surface area contributed by atoms with Gasteiger partial charge in [-0.05, 0) is 44.9 Å². The van der Waals surface area contributed by atoms with Crippen molar-refractivity contribution in [2.45, 2.75) is 261 Å². The lowest BCUT2D eigenvalue weighted by Crippen LogP contribution is -2.61. The molecule has 15 nitrogen and oxygen atoms in total. The molecule has 0 bridgehead atoms. The molecule has 2 aliphatic rings. The minimum atomic E-state index is -1.77. The van der Waals surface area contributed by atoms with Gasteiger partial charge in [0.1, 0.15) is 55.4 Å². The minimum absolute atomic E-state index is 0.125. The number of aliphatic hydroxyl groups excluding tert-OH is 7. The smallest absolute Gasteiger partial charge is 0.306 e. The van der Waals surface area contributed by atoms with Gasteiger partial charge in [-0.2, -0.15) is 0 Å². The molecule has 0 saturated carbocycles. The molecule has 2 fully saturated rings. The van der Waals surface area contributed by atoms with Crippen LogP contribution < -0.4 is 0 Å². The monoisotopic (exact) mass is 945 g/mol. The number of ether oxygens (including phenoxy) is 6. The van der Waals surface area contributed by atoms with E-state index in [4.69, 9.17) is 28.4 Å². The fourth-order valence-corrected chi connectivity index (χ4v) is 8.13. The van der Waals surface area contributed by atoms with E-state index in [-0.39, 0.29) is 19.4 Å². The molecule has 66 heavy (non-hydrogen) atoms. The minimum Gasteiger partial charge on any atom is -0.462 e. The normalized spacial score (nSPS) is 26.3. The van der Waals surface area contributed by atoms with Crippen LogP contribution in [0.1, 0.15) is 194 Å². The van der Waals surface area contributed by atoms with Gasteiger partial charge in [-0.3, -0.25) is 9.59 Å². The molecule has 2 saturated heterocycles. The Morgan fingerprint density at radius 3 is 1.44 bits per heavy atom. The van der Waals surface area contributed by atoms with Crippen LogP contribution in [0.4, 0.5) is 0 Å². The third-order valence-electron chi connectivity index (χ3n) is 12.4. The van der Waals surface area contributed by atoms with Crippen molar-refractivity contribution < 1.29 is 73.8 Å². The highest BCUT2D eigenvalue weighted by Crippen LogP contribution is 2.26. The van der Waals surface area contributed by atoms with Gasteiger partial charge in [-0.1, -0.05) is 160 Å². The van der Waals surface area contributed by atoms with E-state index >= 15 is 0 Å². The summed E-state index contributed by atoms with van der Waals surface area (Å²) < 4.78 is 33.5. The molecule has 7 N–H and O–H groups in total. The van der Waals surface area contributed by atoms with E-state index in [1.807, 2.05) is 0 Å². The molecule has 4 unspecified atom stereocenters.